The third-order valence-corrected chi connectivity index (χ3v) is 2.22. The Balaban J connectivity index is 0.000000437. The van der Waals surface area contributed by atoms with Gasteiger partial charge in [-0.2, -0.15) is 0 Å². The predicted molar refractivity (Wildman–Crippen MR) is 61.1 cm³/mol. The minimum Gasteiger partial charge on any atom is -0.418 e. The molecule has 0 aromatic carbocycles. The molecule has 0 fully saturated rings. The highest BCUT2D eigenvalue weighted by atomic mass is 19.5. The molecule has 0 aliphatic rings. The fraction of sp³-hybridized carbons (Fsp3) is 0.700. The van der Waals surface area contributed by atoms with Crippen LogP contribution in [-0.4, -0.2) is 16.8 Å². The van der Waals surface area contributed by atoms with E-state index >= 15 is 0 Å². The zero-order valence-corrected chi connectivity index (χ0v) is 10.1. The summed E-state index contributed by atoms with van der Waals surface area (Å²) in [5.41, 5.74) is 0. The van der Waals surface area contributed by atoms with Gasteiger partial charge in [-0.05, 0) is 12.3 Å². The van der Waals surface area contributed by atoms with E-state index in [-0.39, 0.29) is 0 Å². The van der Waals surface area contributed by atoms with E-state index < -0.39 is 7.25 Å². The molecule has 1 atom stereocenters. The fourth-order valence-corrected chi connectivity index (χ4v) is 1.43. The molecule has 1 aromatic heterocycles. The number of halogens is 4. The molecule has 100 valence electrons. The van der Waals surface area contributed by atoms with Gasteiger partial charge >= 0.3 is 7.25 Å². The molecule has 0 amide bonds. The summed E-state index contributed by atoms with van der Waals surface area (Å²) in [6, 6.07) is 0. The highest BCUT2D eigenvalue weighted by Gasteiger charge is 2.20. The van der Waals surface area contributed by atoms with Crippen molar-refractivity contribution in [3.8, 4) is 0 Å². The summed E-state index contributed by atoms with van der Waals surface area (Å²) in [4.78, 5) is 4.01. The Labute approximate surface area is 99.1 Å². The van der Waals surface area contributed by atoms with Gasteiger partial charge in [0.15, 0.2) is 0 Å². The second-order valence-corrected chi connectivity index (χ2v) is 3.98. The van der Waals surface area contributed by atoms with Crippen molar-refractivity contribution in [1.82, 2.24) is 9.55 Å². The van der Waals surface area contributed by atoms with Crippen molar-refractivity contribution in [3.05, 3.63) is 18.7 Å². The molecule has 1 rings (SSSR count). The van der Waals surface area contributed by atoms with Crippen molar-refractivity contribution in [2.75, 3.05) is 0 Å². The fourth-order valence-electron chi connectivity index (χ4n) is 1.43. The number of aryl methyl sites for hydroxylation is 1. The topological polar surface area (TPSA) is 17.8 Å². The van der Waals surface area contributed by atoms with Gasteiger partial charge < -0.3 is 21.8 Å². The van der Waals surface area contributed by atoms with Crippen molar-refractivity contribution in [1.29, 1.82) is 0 Å². The minimum absolute atomic E-state index is 0.845. The van der Waals surface area contributed by atoms with Crippen molar-refractivity contribution >= 4 is 7.25 Å². The van der Waals surface area contributed by atoms with Gasteiger partial charge in [0.05, 0.1) is 6.33 Å². The predicted octanol–water partition coefficient (Wildman–Crippen LogP) is 4.01. The highest BCUT2D eigenvalue weighted by molar-refractivity contribution is 6.50. The van der Waals surface area contributed by atoms with E-state index in [4.69, 9.17) is 0 Å². The molecule has 0 saturated heterocycles. The smallest absolute Gasteiger partial charge is 0.418 e. The number of rotatable bonds is 5. The molecular formula is C10H18BF4N2-. The Morgan fingerprint density at radius 3 is 2.24 bits per heavy atom. The summed E-state index contributed by atoms with van der Waals surface area (Å²) >= 11 is 0. The molecule has 0 saturated carbocycles. The van der Waals surface area contributed by atoms with E-state index in [0.717, 1.165) is 12.5 Å². The monoisotopic (exact) mass is 253 g/mol. The van der Waals surface area contributed by atoms with Crippen LogP contribution in [0.1, 0.15) is 33.1 Å². The van der Waals surface area contributed by atoms with Crippen LogP contribution in [0.2, 0.25) is 0 Å². The number of hydrogen-bond donors (Lipinski definition) is 0. The molecule has 0 bridgehead atoms. The number of imidazole rings is 1. The molecular weight excluding hydrogens is 235 g/mol. The van der Waals surface area contributed by atoms with Crippen molar-refractivity contribution in [3.63, 3.8) is 0 Å². The molecule has 0 spiro atoms. The lowest BCUT2D eigenvalue weighted by Crippen LogP contribution is -2.02. The van der Waals surface area contributed by atoms with Crippen LogP contribution in [0.15, 0.2) is 18.7 Å². The van der Waals surface area contributed by atoms with Crippen LogP contribution in [0.3, 0.4) is 0 Å². The molecule has 1 heterocycles. The van der Waals surface area contributed by atoms with Gasteiger partial charge in [-0.1, -0.05) is 26.7 Å². The number of hydrogen-bond acceptors (Lipinski definition) is 1. The Morgan fingerprint density at radius 1 is 1.24 bits per heavy atom. The van der Waals surface area contributed by atoms with E-state index in [2.05, 4.69) is 23.4 Å². The standard InChI is InChI=1S/C10H18N2.BF4/c1-3-4-10(2)5-7-12-8-6-11-9-12;2-1(3,4)5/h6,8-10H,3-5,7H2,1-2H3;/q;-1. The third-order valence-electron chi connectivity index (χ3n) is 2.22. The van der Waals surface area contributed by atoms with E-state index in [9.17, 15) is 17.3 Å². The molecule has 0 aliphatic heterocycles. The maximum atomic E-state index is 9.75. The average Bonchev–Trinajstić information content (AvgIpc) is 2.65. The van der Waals surface area contributed by atoms with Crippen LogP contribution >= 0.6 is 0 Å². The van der Waals surface area contributed by atoms with Crippen LogP contribution < -0.4 is 0 Å². The summed E-state index contributed by atoms with van der Waals surface area (Å²) in [6.45, 7) is 5.68. The zero-order valence-electron chi connectivity index (χ0n) is 10.1. The summed E-state index contributed by atoms with van der Waals surface area (Å²) in [5, 5.41) is 0. The maximum Gasteiger partial charge on any atom is 0.673 e. The Kier molecular flexibility index (Phi) is 7.66. The van der Waals surface area contributed by atoms with Crippen molar-refractivity contribution in [2.45, 2.75) is 39.7 Å². The summed E-state index contributed by atoms with van der Waals surface area (Å²) in [6.07, 6.45) is 9.66. The van der Waals surface area contributed by atoms with Crippen LogP contribution in [0.5, 0.6) is 0 Å². The van der Waals surface area contributed by atoms with Gasteiger partial charge in [0.25, 0.3) is 0 Å². The molecule has 0 aliphatic carbocycles. The number of nitrogens with zero attached hydrogens (tertiary/aromatic N) is 2. The average molecular weight is 253 g/mol. The van der Waals surface area contributed by atoms with Gasteiger partial charge in [0.1, 0.15) is 0 Å². The lowest BCUT2D eigenvalue weighted by molar-refractivity contribution is 0.368. The number of aromatic nitrogens is 2. The molecule has 0 radical (unpaired) electrons. The van der Waals surface area contributed by atoms with Crippen molar-refractivity contribution in [2.24, 2.45) is 5.92 Å². The normalized spacial score (nSPS) is 12.8. The van der Waals surface area contributed by atoms with Crippen molar-refractivity contribution < 1.29 is 17.3 Å². The van der Waals surface area contributed by atoms with Gasteiger partial charge in [0, 0.05) is 18.9 Å². The first-order valence-corrected chi connectivity index (χ1v) is 5.66. The van der Waals surface area contributed by atoms with Gasteiger partial charge in [0.2, 0.25) is 0 Å². The molecule has 17 heavy (non-hydrogen) atoms. The second kappa shape index (κ2) is 8.14. The SMILES string of the molecule is CCCC(C)CCn1ccnc1.F[B-](F)(F)F. The molecule has 1 aromatic rings. The van der Waals surface area contributed by atoms with E-state index in [1.54, 1.807) is 0 Å². The van der Waals surface area contributed by atoms with Gasteiger partial charge in [-0.15, -0.1) is 0 Å². The highest BCUT2D eigenvalue weighted by Crippen LogP contribution is 2.10. The van der Waals surface area contributed by atoms with Gasteiger partial charge in [-0.25, -0.2) is 4.98 Å². The van der Waals surface area contributed by atoms with E-state index in [1.165, 1.54) is 19.3 Å². The first kappa shape index (κ1) is 16.0. The lowest BCUT2D eigenvalue weighted by Gasteiger charge is -2.09. The lowest BCUT2D eigenvalue weighted by atomic mass is 10.0. The largest absolute Gasteiger partial charge is 0.673 e. The maximum absolute atomic E-state index is 9.75. The second-order valence-electron chi connectivity index (χ2n) is 3.98. The summed E-state index contributed by atoms with van der Waals surface area (Å²) < 4.78 is 41.1. The third kappa shape index (κ3) is 12.9. The Hall–Kier alpha value is -1.01. The molecule has 0 N–H and O–H groups in total. The minimum atomic E-state index is -6.00. The Morgan fingerprint density at radius 2 is 1.82 bits per heavy atom. The van der Waals surface area contributed by atoms with Crippen LogP contribution in [0, 0.1) is 5.92 Å². The van der Waals surface area contributed by atoms with Crippen LogP contribution in [0.25, 0.3) is 0 Å². The first-order chi connectivity index (χ1) is 7.83. The quantitative estimate of drug-likeness (QED) is 0.572. The molecule has 1 unspecified atom stereocenters. The van der Waals surface area contributed by atoms with E-state index in [1.807, 2.05) is 18.7 Å². The first-order valence-electron chi connectivity index (χ1n) is 5.66. The van der Waals surface area contributed by atoms with E-state index in [0.29, 0.717) is 0 Å². The zero-order chi connectivity index (χ0) is 13.3. The summed E-state index contributed by atoms with van der Waals surface area (Å²) in [5.74, 6) is 0.845. The summed E-state index contributed by atoms with van der Waals surface area (Å²) in [7, 11) is -6.00. The molecule has 2 nitrogen and oxygen atoms in total. The Bertz CT molecular complexity index is 268. The van der Waals surface area contributed by atoms with Gasteiger partial charge in [-0.3, -0.25) is 0 Å². The molecule has 7 heteroatoms. The van der Waals surface area contributed by atoms with Crippen LogP contribution in [0.4, 0.5) is 17.3 Å². The van der Waals surface area contributed by atoms with Crippen LogP contribution in [-0.2, 0) is 6.54 Å².